The van der Waals surface area contributed by atoms with Gasteiger partial charge in [0.2, 0.25) is 5.78 Å². The van der Waals surface area contributed by atoms with Crippen molar-refractivity contribution in [3.05, 3.63) is 112 Å². The van der Waals surface area contributed by atoms with Gasteiger partial charge in [0.25, 0.3) is 5.69 Å². The normalized spacial score (nSPS) is 11.5. The van der Waals surface area contributed by atoms with Crippen molar-refractivity contribution < 1.29 is 9.72 Å². The van der Waals surface area contributed by atoms with Crippen molar-refractivity contribution >= 4 is 23.4 Å². The maximum atomic E-state index is 12.8. The summed E-state index contributed by atoms with van der Waals surface area (Å²) in [6.45, 7) is 0. The summed E-state index contributed by atoms with van der Waals surface area (Å²) in [5.74, 6) is -0.252. The van der Waals surface area contributed by atoms with Crippen LogP contribution in [0.15, 0.2) is 95.1 Å². The van der Waals surface area contributed by atoms with Gasteiger partial charge >= 0.3 is 0 Å². The van der Waals surface area contributed by atoms with Gasteiger partial charge in [-0.2, -0.15) is 5.10 Å². The van der Waals surface area contributed by atoms with Gasteiger partial charge in [-0.1, -0.05) is 72.8 Å². The molecule has 6 heteroatoms. The average Bonchev–Trinajstić information content (AvgIpc) is 2.72. The standard InChI is InChI=1S/C21H15N3O3/c25-21(18-11-5-2-6-12-18)20(17-9-3-1-4-10-17)23-22-15-16-8-7-13-19(14-16)24(26)27/h1-15H/b22-15-,23-20-. The van der Waals surface area contributed by atoms with Gasteiger partial charge in [0.1, 0.15) is 5.71 Å². The highest BCUT2D eigenvalue weighted by molar-refractivity contribution is 6.51. The Morgan fingerprint density at radius 1 is 0.852 bits per heavy atom. The molecule has 0 radical (unpaired) electrons. The molecule has 0 spiro atoms. The summed E-state index contributed by atoms with van der Waals surface area (Å²) < 4.78 is 0. The first-order chi connectivity index (χ1) is 13.1. The third-order valence-corrected chi connectivity index (χ3v) is 3.74. The number of benzene rings is 3. The molecule has 0 atom stereocenters. The molecule has 0 amide bonds. The van der Waals surface area contributed by atoms with E-state index in [1.807, 2.05) is 24.3 Å². The molecule has 3 rings (SSSR count). The van der Waals surface area contributed by atoms with Gasteiger partial charge in [0, 0.05) is 28.8 Å². The number of ketones is 1. The third-order valence-electron chi connectivity index (χ3n) is 3.74. The second-order valence-corrected chi connectivity index (χ2v) is 5.61. The van der Waals surface area contributed by atoms with Crippen LogP contribution in [0.5, 0.6) is 0 Å². The molecule has 0 unspecified atom stereocenters. The number of carbonyl (C=O) groups is 1. The molecule has 132 valence electrons. The zero-order valence-corrected chi connectivity index (χ0v) is 14.2. The molecule has 0 saturated carbocycles. The van der Waals surface area contributed by atoms with Crippen molar-refractivity contribution in [3.63, 3.8) is 0 Å². The van der Waals surface area contributed by atoms with Gasteiger partial charge in [-0.15, -0.1) is 5.10 Å². The molecular weight excluding hydrogens is 342 g/mol. The highest BCUT2D eigenvalue weighted by Gasteiger charge is 2.16. The molecular formula is C21H15N3O3. The Morgan fingerprint density at radius 2 is 1.48 bits per heavy atom. The number of carbonyl (C=O) groups excluding carboxylic acids is 1. The van der Waals surface area contributed by atoms with E-state index in [4.69, 9.17) is 0 Å². The summed E-state index contributed by atoms with van der Waals surface area (Å²) in [5.41, 5.74) is 1.83. The molecule has 0 fully saturated rings. The smallest absolute Gasteiger partial charge is 0.270 e. The molecule has 0 saturated heterocycles. The summed E-state index contributed by atoms with van der Waals surface area (Å²) in [5, 5.41) is 18.9. The monoisotopic (exact) mass is 357 g/mol. The second-order valence-electron chi connectivity index (χ2n) is 5.61. The summed E-state index contributed by atoms with van der Waals surface area (Å²) in [6.07, 6.45) is 1.38. The molecule has 0 bridgehead atoms. The van der Waals surface area contributed by atoms with Crippen LogP contribution in [0.25, 0.3) is 0 Å². The number of Topliss-reactive ketones (excluding diaryl/α,β-unsaturated/α-hetero) is 1. The zero-order chi connectivity index (χ0) is 19.1. The maximum absolute atomic E-state index is 12.8. The van der Waals surface area contributed by atoms with Gasteiger partial charge in [-0.05, 0) is 0 Å². The fourth-order valence-electron chi connectivity index (χ4n) is 2.43. The fourth-order valence-corrected chi connectivity index (χ4v) is 2.43. The highest BCUT2D eigenvalue weighted by atomic mass is 16.6. The minimum Gasteiger partial charge on any atom is -0.287 e. The van der Waals surface area contributed by atoms with Crippen LogP contribution in [-0.2, 0) is 0 Å². The topological polar surface area (TPSA) is 84.9 Å². The van der Waals surface area contributed by atoms with Crippen molar-refractivity contribution in [2.75, 3.05) is 0 Å². The molecule has 6 nitrogen and oxygen atoms in total. The molecule has 0 aliphatic rings. The van der Waals surface area contributed by atoms with E-state index in [1.54, 1.807) is 48.5 Å². The number of nitrogens with zero attached hydrogens (tertiary/aromatic N) is 3. The van der Waals surface area contributed by atoms with Gasteiger partial charge in [-0.25, -0.2) is 0 Å². The average molecular weight is 357 g/mol. The quantitative estimate of drug-likeness (QED) is 0.285. The van der Waals surface area contributed by atoms with Crippen LogP contribution in [0.1, 0.15) is 21.5 Å². The predicted molar refractivity (Wildman–Crippen MR) is 104 cm³/mol. The maximum Gasteiger partial charge on any atom is 0.270 e. The molecule has 27 heavy (non-hydrogen) atoms. The van der Waals surface area contributed by atoms with E-state index in [-0.39, 0.29) is 17.2 Å². The van der Waals surface area contributed by atoms with E-state index < -0.39 is 4.92 Å². The Morgan fingerprint density at radius 3 is 2.11 bits per heavy atom. The van der Waals surface area contributed by atoms with Crippen LogP contribution >= 0.6 is 0 Å². The largest absolute Gasteiger partial charge is 0.287 e. The van der Waals surface area contributed by atoms with Crippen molar-refractivity contribution in [2.24, 2.45) is 10.2 Å². The number of hydrogen-bond donors (Lipinski definition) is 0. The lowest BCUT2D eigenvalue weighted by Gasteiger charge is -2.04. The van der Waals surface area contributed by atoms with E-state index in [1.165, 1.54) is 18.3 Å². The lowest BCUT2D eigenvalue weighted by atomic mass is 10.0. The number of nitro benzene ring substituents is 1. The molecule has 0 aromatic heterocycles. The third kappa shape index (κ3) is 4.58. The van der Waals surface area contributed by atoms with Gasteiger partial charge in [0.15, 0.2) is 0 Å². The summed E-state index contributed by atoms with van der Waals surface area (Å²) >= 11 is 0. The number of non-ortho nitro benzene ring substituents is 1. The first-order valence-electron chi connectivity index (χ1n) is 8.16. The van der Waals surface area contributed by atoms with Crippen LogP contribution in [-0.4, -0.2) is 22.6 Å². The van der Waals surface area contributed by atoms with Crippen LogP contribution in [0.3, 0.4) is 0 Å². The van der Waals surface area contributed by atoms with Gasteiger partial charge < -0.3 is 0 Å². The Balaban J connectivity index is 1.94. The summed E-state index contributed by atoms with van der Waals surface area (Å²) in [7, 11) is 0. The van der Waals surface area contributed by atoms with Crippen molar-refractivity contribution in [3.8, 4) is 0 Å². The Hall–Kier alpha value is -3.93. The Kier molecular flexibility index (Phi) is 5.59. The lowest BCUT2D eigenvalue weighted by Crippen LogP contribution is -2.15. The number of nitro groups is 1. The molecule has 0 aliphatic carbocycles. The van der Waals surface area contributed by atoms with E-state index in [2.05, 4.69) is 10.2 Å². The molecule has 3 aromatic carbocycles. The van der Waals surface area contributed by atoms with Crippen LogP contribution in [0.4, 0.5) is 5.69 Å². The lowest BCUT2D eigenvalue weighted by molar-refractivity contribution is -0.384. The first-order valence-corrected chi connectivity index (χ1v) is 8.16. The van der Waals surface area contributed by atoms with Crippen molar-refractivity contribution in [1.29, 1.82) is 0 Å². The molecule has 0 N–H and O–H groups in total. The highest BCUT2D eigenvalue weighted by Crippen LogP contribution is 2.12. The van der Waals surface area contributed by atoms with Gasteiger partial charge in [-0.3, -0.25) is 14.9 Å². The van der Waals surface area contributed by atoms with Crippen LogP contribution < -0.4 is 0 Å². The summed E-state index contributed by atoms with van der Waals surface area (Å²) in [6, 6.07) is 23.9. The fraction of sp³-hybridized carbons (Fsp3) is 0. The van der Waals surface area contributed by atoms with Crippen molar-refractivity contribution in [2.45, 2.75) is 0 Å². The van der Waals surface area contributed by atoms with Crippen molar-refractivity contribution in [1.82, 2.24) is 0 Å². The van der Waals surface area contributed by atoms with Gasteiger partial charge in [0.05, 0.1) is 11.1 Å². The predicted octanol–water partition coefficient (Wildman–Crippen LogP) is 4.30. The molecule has 3 aromatic rings. The summed E-state index contributed by atoms with van der Waals surface area (Å²) in [4.78, 5) is 23.2. The van der Waals surface area contributed by atoms with E-state index in [0.29, 0.717) is 16.7 Å². The first kappa shape index (κ1) is 17.9. The van der Waals surface area contributed by atoms with Crippen LogP contribution in [0.2, 0.25) is 0 Å². The Labute approximate surface area is 155 Å². The van der Waals surface area contributed by atoms with E-state index in [0.717, 1.165) is 0 Å². The molecule has 0 aliphatic heterocycles. The van der Waals surface area contributed by atoms with E-state index in [9.17, 15) is 14.9 Å². The molecule has 0 heterocycles. The van der Waals surface area contributed by atoms with E-state index >= 15 is 0 Å². The minimum atomic E-state index is -0.477. The Bertz CT molecular complexity index is 1010. The van der Waals surface area contributed by atoms with Crippen LogP contribution in [0, 0.1) is 10.1 Å². The zero-order valence-electron chi connectivity index (χ0n) is 14.2. The second kappa shape index (κ2) is 8.44. The SMILES string of the molecule is O=C(/C(=N\N=C/c1cccc([N+](=O)[O-])c1)c1ccccc1)c1ccccc1. The number of rotatable bonds is 6. The minimum absolute atomic E-state index is 0.0356. The number of hydrogen-bond acceptors (Lipinski definition) is 5.